The van der Waals surface area contributed by atoms with Crippen LogP contribution < -0.4 is 18.9 Å². The number of benzene rings is 2. The minimum atomic E-state index is -0.845. The first-order valence-electron chi connectivity index (χ1n) is 11.8. The van der Waals surface area contributed by atoms with E-state index >= 15 is 0 Å². The molecule has 194 valence electrons. The minimum absolute atomic E-state index is 0.0421. The van der Waals surface area contributed by atoms with E-state index in [0.29, 0.717) is 28.9 Å². The Morgan fingerprint density at radius 2 is 1.25 bits per heavy atom. The van der Waals surface area contributed by atoms with Crippen molar-refractivity contribution in [3.8, 4) is 23.0 Å². The normalized spacial score (nSPS) is 11.8. The van der Waals surface area contributed by atoms with Crippen molar-refractivity contribution < 1.29 is 33.3 Å². The SMILES string of the molecule is CCc1c(OC)c(C=CC(=O)c2ccccc2)c(OC)c(OC(=O)C(C)(C)C)c1OC(=O)C(C)(C)C. The van der Waals surface area contributed by atoms with Gasteiger partial charge >= 0.3 is 11.9 Å². The number of hydrogen-bond acceptors (Lipinski definition) is 7. The molecule has 0 radical (unpaired) electrons. The van der Waals surface area contributed by atoms with Gasteiger partial charge < -0.3 is 18.9 Å². The van der Waals surface area contributed by atoms with Gasteiger partial charge in [0.2, 0.25) is 5.75 Å². The molecule has 0 saturated heterocycles. The molecule has 7 heteroatoms. The lowest BCUT2D eigenvalue weighted by Gasteiger charge is -2.25. The van der Waals surface area contributed by atoms with Crippen molar-refractivity contribution in [3.05, 3.63) is 53.1 Å². The third kappa shape index (κ3) is 6.53. The fourth-order valence-corrected chi connectivity index (χ4v) is 3.19. The Morgan fingerprint density at radius 3 is 1.69 bits per heavy atom. The summed E-state index contributed by atoms with van der Waals surface area (Å²) < 4.78 is 23.0. The monoisotopic (exact) mass is 496 g/mol. The zero-order chi connectivity index (χ0) is 27.3. The van der Waals surface area contributed by atoms with Crippen LogP contribution in [-0.4, -0.2) is 31.9 Å². The van der Waals surface area contributed by atoms with E-state index in [1.807, 2.05) is 13.0 Å². The first-order chi connectivity index (χ1) is 16.8. The molecule has 2 aromatic rings. The minimum Gasteiger partial charge on any atom is -0.496 e. The van der Waals surface area contributed by atoms with Crippen molar-refractivity contribution in [2.24, 2.45) is 10.8 Å². The van der Waals surface area contributed by atoms with Gasteiger partial charge in [-0.2, -0.15) is 0 Å². The standard InChI is InChI=1S/C29H36O7/c1-10-19-22(33-8)20(16-17-21(30)18-14-12-11-13-15-18)23(34-9)25(36-27(32)29(5,6)7)24(19)35-26(31)28(2,3)4/h11-17H,10H2,1-9H3. The lowest BCUT2D eigenvalue weighted by molar-refractivity contribution is -0.145. The molecule has 0 fully saturated rings. The number of methoxy groups -OCH3 is 2. The van der Waals surface area contributed by atoms with Gasteiger partial charge in [0.15, 0.2) is 17.3 Å². The maximum absolute atomic E-state index is 12.9. The molecule has 0 heterocycles. The number of ketones is 1. The second-order valence-electron chi connectivity index (χ2n) is 10.3. The van der Waals surface area contributed by atoms with Crippen molar-refractivity contribution in [2.45, 2.75) is 54.9 Å². The van der Waals surface area contributed by atoms with Gasteiger partial charge in [-0.3, -0.25) is 14.4 Å². The Kier molecular flexibility index (Phi) is 9.08. The van der Waals surface area contributed by atoms with Crippen LogP contribution in [-0.2, 0) is 16.0 Å². The van der Waals surface area contributed by atoms with Gasteiger partial charge in [0.25, 0.3) is 0 Å². The summed E-state index contributed by atoms with van der Waals surface area (Å²) in [6.45, 7) is 12.2. The topological polar surface area (TPSA) is 88.1 Å². The highest BCUT2D eigenvalue weighted by molar-refractivity contribution is 6.07. The fraction of sp³-hybridized carbons (Fsp3) is 0.414. The maximum atomic E-state index is 12.9. The molecule has 2 rings (SSSR count). The molecule has 0 aromatic heterocycles. The highest BCUT2D eigenvalue weighted by atomic mass is 16.6. The van der Waals surface area contributed by atoms with Crippen LogP contribution in [0.25, 0.3) is 6.08 Å². The Balaban J connectivity index is 2.83. The predicted molar refractivity (Wildman–Crippen MR) is 139 cm³/mol. The molecule has 36 heavy (non-hydrogen) atoms. The molecule has 0 saturated carbocycles. The van der Waals surface area contributed by atoms with Crippen LogP contribution in [0.2, 0.25) is 0 Å². The lowest BCUT2D eigenvalue weighted by Crippen LogP contribution is -2.28. The third-order valence-corrected chi connectivity index (χ3v) is 5.29. The molecule has 0 aliphatic carbocycles. The van der Waals surface area contributed by atoms with E-state index < -0.39 is 22.8 Å². The number of esters is 2. The second-order valence-corrected chi connectivity index (χ2v) is 10.3. The molecule has 0 spiro atoms. The Morgan fingerprint density at radius 1 is 0.750 bits per heavy atom. The summed E-state index contributed by atoms with van der Waals surface area (Å²) in [6, 6.07) is 8.81. The summed E-state index contributed by atoms with van der Waals surface area (Å²) in [5, 5.41) is 0. The summed E-state index contributed by atoms with van der Waals surface area (Å²) >= 11 is 0. The zero-order valence-electron chi connectivity index (χ0n) is 22.6. The van der Waals surface area contributed by atoms with E-state index in [0.717, 1.165) is 0 Å². The molecule has 7 nitrogen and oxygen atoms in total. The molecular formula is C29H36O7. The van der Waals surface area contributed by atoms with Crippen molar-refractivity contribution >= 4 is 23.8 Å². The Labute approximate surface area is 213 Å². The van der Waals surface area contributed by atoms with E-state index in [1.54, 1.807) is 71.9 Å². The van der Waals surface area contributed by atoms with Crippen molar-refractivity contribution in [2.75, 3.05) is 14.2 Å². The summed E-state index contributed by atoms with van der Waals surface area (Å²) in [6.07, 6.45) is 3.33. The summed E-state index contributed by atoms with van der Waals surface area (Å²) in [5.41, 5.74) is -0.273. The zero-order valence-corrected chi connectivity index (χ0v) is 22.6. The molecule has 2 aromatic carbocycles. The van der Waals surface area contributed by atoms with Gasteiger partial charge in [0.1, 0.15) is 5.75 Å². The maximum Gasteiger partial charge on any atom is 0.316 e. The van der Waals surface area contributed by atoms with E-state index in [2.05, 4.69) is 0 Å². The number of carbonyl (C=O) groups excluding carboxylic acids is 3. The first-order valence-corrected chi connectivity index (χ1v) is 11.8. The average Bonchev–Trinajstić information content (AvgIpc) is 2.82. The van der Waals surface area contributed by atoms with Gasteiger partial charge in [0, 0.05) is 11.1 Å². The first kappa shape index (κ1) is 28.6. The summed E-state index contributed by atoms with van der Waals surface area (Å²) in [5.74, 6) is -0.827. The second kappa shape index (κ2) is 11.4. The molecule has 0 atom stereocenters. The van der Waals surface area contributed by atoms with Crippen LogP contribution in [0.5, 0.6) is 23.0 Å². The highest BCUT2D eigenvalue weighted by Gasteiger charge is 2.34. The largest absolute Gasteiger partial charge is 0.496 e. The van der Waals surface area contributed by atoms with Crippen LogP contribution >= 0.6 is 0 Å². The third-order valence-electron chi connectivity index (χ3n) is 5.29. The summed E-state index contributed by atoms with van der Waals surface area (Å²) in [7, 11) is 2.88. The molecule has 0 amide bonds. The van der Waals surface area contributed by atoms with E-state index in [4.69, 9.17) is 18.9 Å². The molecule has 0 unspecified atom stereocenters. The number of hydrogen-bond donors (Lipinski definition) is 0. The van der Waals surface area contributed by atoms with Crippen LogP contribution in [0.1, 0.15) is 70.0 Å². The Hall–Kier alpha value is -3.61. The van der Waals surface area contributed by atoms with Gasteiger partial charge in [-0.05, 0) is 60.1 Å². The molecule has 0 aliphatic heterocycles. The van der Waals surface area contributed by atoms with Crippen molar-refractivity contribution in [1.82, 2.24) is 0 Å². The van der Waals surface area contributed by atoms with E-state index in [1.165, 1.54) is 20.3 Å². The lowest BCUT2D eigenvalue weighted by atomic mass is 9.96. The molecular weight excluding hydrogens is 460 g/mol. The van der Waals surface area contributed by atoms with Gasteiger partial charge in [-0.15, -0.1) is 0 Å². The number of ether oxygens (including phenoxy) is 4. The van der Waals surface area contributed by atoms with Gasteiger partial charge in [-0.25, -0.2) is 0 Å². The summed E-state index contributed by atoms with van der Waals surface area (Å²) in [4.78, 5) is 38.6. The quantitative estimate of drug-likeness (QED) is 0.190. The molecule has 0 aliphatic rings. The highest BCUT2D eigenvalue weighted by Crippen LogP contribution is 2.51. The molecule has 0 N–H and O–H groups in total. The van der Waals surface area contributed by atoms with Crippen LogP contribution in [0, 0.1) is 10.8 Å². The van der Waals surface area contributed by atoms with Crippen LogP contribution in [0.3, 0.4) is 0 Å². The van der Waals surface area contributed by atoms with Crippen LogP contribution in [0.4, 0.5) is 0 Å². The average molecular weight is 497 g/mol. The van der Waals surface area contributed by atoms with Crippen molar-refractivity contribution in [3.63, 3.8) is 0 Å². The Bertz CT molecular complexity index is 1150. The van der Waals surface area contributed by atoms with Crippen LogP contribution in [0.15, 0.2) is 36.4 Å². The number of rotatable bonds is 8. The van der Waals surface area contributed by atoms with Crippen molar-refractivity contribution in [1.29, 1.82) is 0 Å². The fourth-order valence-electron chi connectivity index (χ4n) is 3.19. The number of allylic oxidation sites excluding steroid dienone is 1. The number of carbonyl (C=O) groups is 3. The van der Waals surface area contributed by atoms with E-state index in [9.17, 15) is 14.4 Å². The molecule has 0 bridgehead atoms. The van der Waals surface area contributed by atoms with Gasteiger partial charge in [-0.1, -0.05) is 37.3 Å². The smallest absolute Gasteiger partial charge is 0.316 e. The van der Waals surface area contributed by atoms with E-state index in [-0.39, 0.29) is 23.0 Å². The predicted octanol–water partition coefficient (Wildman–Crippen LogP) is 6.07. The van der Waals surface area contributed by atoms with Gasteiger partial charge in [0.05, 0.1) is 30.6 Å².